The van der Waals surface area contributed by atoms with Crippen molar-refractivity contribution in [3.05, 3.63) is 29.6 Å². The second-order valence-electron chi connectivity index (χ2n) is 4.77. The first-order valence-corrected chi connectivity index (χ1v) is 5.62. The highest BCUT2D eigenvalue weighted by Crippen LogP contribution is 2.21. The van der Waals surface area contributed by atoms with Crippen LogP contribution in [0.5, 0.6) is 0 Å². The molecule has 17 heavy (non-hydrogen) atoms. The Labute approximate surface area is 101 Å². The highest BCUT2D eigenvalue weighted by molar-refractivity contribution is 5.95. The van der Waals surface area contributed by atoms with Crippen molar-refractivity contribution in [1.82, 2.24) is 4.90 Å². The van der Waals surface area contributed by atoms with Crippen LogP contribution in [-0.4, -0.2) is 23.4 Å². The van der Waals surface area contributed by atoms with Crippen molar-refractivity contribution < 1.29 is 9.18 Å². The first-order valence-electron chi connectivity index (χ1n) is 5.62. The van der Waals surface area contributed by atoms with Gasteiger partial charge in [0.05, 0.1) is 5.69 Å². The van der Waals surface area contributed by atoms with E-state index in [0.717, 1.165) is 6.42 Å². The zero-order valence-electron chi connectivity index (χ0n) is 10.7. The van der Waals surface area contributed by atoms with E-state index in [2.05, 4.69) is 0 Å². The van der Waals surface area contributed by atoms with E-state index in [1.807, 2.05) is 20.8 Å². The molecule has 2 N–H and O–H groups in total. The van der Waals surface area contributed by atoms with Gasteiger partial charge in [0.2, 0.25) is 0 Å². The summed E-state index contributed by atoms with van der Waals surface area (Å²) in [4.78, 5) is 13.8. The molecule has 0 bridgehead atoms. The molecule has 1 amide bonds. The standard InChI is InChI=1S/C13H19FN2O/c1-5-13(2,3)16(4)12(17)9-6-7-10(14)11(15)8-9/h6-8H,5,15H2,1-4H3. The molecule has 0 spiro atoms. The van der Waals surface area contributed by atoms with Crippen LogP contribution in [0, 0.1) is 5.82 Å². The molecule has 1 aromatic rings. The van der Waals surface area contributed by atoms with Crippen molar-refractivity contribution in [2.45, 2.75) is 32.7 Å². The number of rotatable bonds is 3. The molecule has 0 aliphatic heterocycles. The molecule has 0 aliphatic rings. The number of amides is 1. The average molecular weight is 238 g/mol. The number of hydrogen-bond acceptors (Lipinski definition) is 2. The Kier molecular flexibility index (Phi) is 3.76. The largest absolute Gasteiger partial charge is 0.396 e. The van der Waals surface area contributed by atoms with Gasteiger partial charge < -0.3 is 10.6 Å². The maximum absolute atomic E-state index is 13.0. The van der Waals surface area contributed by atoms with Gasteiger partial charge in [0.1, 0.15) is 5.82 Å². The van der Waals surface area contributed by atoms with Crippen LogP contribution in [0.25, 0.3) is 0 Å². The second-order valence-corrected chi connectivity index (χ2v) is 4.77. The molecule has 0 fully saturated rings. The number of hydrogen-bond donors (Lipinski definition) is 1. The molecule has 94 valence electrons. The number of carbonyl (C=O) groups excluding carboxylic acids is 1. The Hall–Kier alpha value is -1.58. The SMILES string of the molecule is CCC(C)(C)N(C)C(=O)c1ccc(F)c(N)c1. The monoisotopic (exact) mass is 238 g/mol. The Morgan fingerprint density at radius 2 is 2.06 bits per heavy atom. The molecule has 3 nitrogen and oxygen atoms in total. The van der Waals surface area contributed by atoms with Gasteiger partial charge in [0.25, 0.3) is 5.91 Å². The predicted octanol–water partition coefficient (Wildman–Crippen LogP) is 2.67. The van der Waals surface area contributed by atoms with Gasteiger partial charge >= 0.3 is 0 Å². The van der Waals surface area contributed by atoms with Crippen molar-refractivity contribution in [2.75, 3.05) is 12.8 Å². The number of halogens is 1. The number of nitrogens with two attached hydrogens (primary N) is 1. The van der Waals surface area contributed by atoms with Gasteiger partial charge in [-0.15, -0.1) is 0 Å². The minimum Gasteiger partial charge on any atom is -0.396 e. The quantitative estimate of drug-likeness (QED) is 0.823. The molecular weight excluding hydrogens is 219 g/mol. The summed E-state index contributed by atoms with van der Waals surface area (Å²) in [6.45, 7) is 5.98. The van der Waals surface area contributed by atoms with E-state index in [0.29, 0.717) is 5.56 Å². The lowest BCUT2D eigenvalue weighted by Crippen LogP contribution is -2.44. The molecule has 4 heteroatoms. The first-order chi connectivity index (χ1) is 7.79. The van der Waals surface area contributed by atoms with Gasteiger partial charge in [0.15, 0.2) is 0 Å². The fourth-order valence-electron chi connectivity index (χ4n) is 1.38. The maximum Gasteiger partial charge on any atom is 0.254 e. The molecule has 0 atom stereocenters. The molecule has 0 heterocycles. The normalized spacial score (nSPS) is 11.4. The lowest BCUT2D eigenvalue weighted by molar-refractivity contribution is 0.0620. The number of nitrogens with zero attached hydrogens (tertiary/aromatic N) is 1. The summed E-state index contributed by atoms with van der Waals surface area (Å²) in [6, 6.07) is 4.05. The molecule has 0 saturated heterocycles. The summed E-state index contributed by atoms with van der Waals surface area (Å²) in [6.07, 6.45) is 0.839. The Morgan fingerprint density at radius 3 is 2.53 bits per heavy atom. The third-order valence-electron chi connectivity index (χ3n) is 3.32. The molecule has 0 aliphatic carbocycles. The Balaban J connectivity index is 3.01. The molecule has 1 aromatic carbocycles. The van der Waals surface area contributed by atoms with Gasteiger partial charge in [-0.3, -0.25) is 4.79 Å². The predicted molar refractivity (Wildman–Crippen MR) is 67.3 cm³/mol. The number of carbonyl (C=O) groups is 1. The van der Waals surface area contributed by atoms with Gasteiger partial charge in [-0.25, -0.2) is 4.39 Å². The van der Waals surface area contributed by atoms with Gasteiger partial charge in [0, 0.05) is 18.2 Å². The lowest BCUT2D eigenvalue weighted by atomic mass is 9.99. The van der Waals surface area contributed by atoms with Crippen LogP contribution in [0.15, 0.2) is 18.2 Å². The summed E-state index contributed by atoms with van der Waals surface area (Å²) in [5.74, 6) is -0.650. The minimum atomic E-state index is -0.501. The average Bonchev–Trinajstić information content (AvgIpc) is 2.30. The molecule has 0 aromatic heterocycles. The fourth-order valence-corrected chi connectivity index (χ4v) is 1.38. The number of nitrogen functional groups attached to an aromatic ring is 1. The van der Waals surface area contributed by atoms with E-state index in [-0.39, 0.29) is 17.1 Å². The van der Waals surface area contributed by atoms with Gasteiger partial charge in [-0.05, 0) is 38.5 Å². The van der Waals surface area contributed by atoms with Crippen LogP contribution in [0.1, 0.15) is 37.6 Å². The highest BCUT2D eigenvalue weighted by Gasteiger charge is 2.26. The van der Waals surface area contributed by atoms with E-state index in [9.17, 15) is 9.18 Å². The zero-order chi connectivity index (χ0) is 13.2. The second kappa shape index (κ2) is 4.73. The van der Waals surface area contributed by atoms with Crippen molar-refractivity contribution in [1.29, 1.82) is 0 Å². The van der Waals surface area contributed by atoms with Gasteiger partial charge in [-0.1, -0.05) is 6.92 Å². The van der Waals surface area contributed by atoms with Crippen molar-refractivity contribution in [3.63, 3.8) is 0 Å². The first kappa shape index (κ1) is 13.5. The summed E-state index contributed by atoms with van der Waals surface area (Å²) in [7, 11) is 1.74. The third-order valence-corrected chi connectivity index (χ3v) is 3.32. The van der Waals surface area contributed by atoms with Crippen LogP contribution < -0.4 is 5.73 Å². The topological polar surface area (TPSA) is 46.3 Å². The zero-order valence-corrected chi connectivity index (χ0v) is 10.7. The van der Waals surface area contributed by atoms with Crippen molar-refractivity contribution >= 4 is 11.6 Å². The Morgan fingerprint density at radius 1 is 1.47 bits per heavy atom. The molecule has 1 rings (SSSR count). The fraction of sp³-hybridized carbons (Fsp3) is 0.462. The van der Waals surface area contributed by atoms with Gasteiger partial charge in [-0.2, -0.15) is 0 Å². The highest BCUT2D eigenvalue weighted by atomic mass is 19.1. The maximum atomic E-state index is 13.0. The van der Waals surface area contributed by atoms with E-state index < -0.39 is 5.82 Å². The minimum absolute atomic E-state index is 0.00134. The molecule has 0 unspecified atom stereocenters. The molecular formula is C13H19FN2O. The van der Waals surface area contributed by atoms with Crippen LogP contribution in [0.2, 0.25) is 0 Å². The smallest absolute Gasteiger partial charge is 0.254 e. The van der Waals surface area contributed by atoms with E-state index in [4.69, 9.17) is 5.73 Å². The number of benzene rings is 1. The Bertz CT molecular complexity index is 429. The molecule has 0 radical (unpaired) electrons. The molecule has 0 saturated carbocycles. The summed E-state index contributed by atoms with van der Waals surface area (Å²) in [5, 5.41) is 0. The van der Waals surface area contributed by atoms with E-state index >= 15 is 0 Å². The van der Waals surface area contributed by atoms with E-state index in [1.54, 1.807) is 11.9 Å². The van der Waals surface area contributed by atoms with Crippen LogP contribution in [0.3, 0.4) is 0 Å². The summed E-state index contributed by atoms with van der Waals surface area (Å²) < 4.78 is 13.0. The van der Waals surface area contributed by atoms with Crippen LogP contribution in [-0.2, 0) is 0 Å². The summed E-state index contributed by atoms with van der Waals surface area (Å²) in [5.41, 5.74) is 5.63. The summed E-state index contributed by atoms with van der Waals surface area (Å²) >= 11 is 0. The van der Waals surface area contributed by atoms with Crippen LogP contribution >= 0.6 is 0 Å². The lowest BCUT2D eigenvalue weighted by Gasteiger charge is -2.35. The van der Waals surface area contributed by atoms with Crippen molar-refractivity contribution in [2.24, 2.45) is 0 Å². The van der Waals surface area contributed by atoms with E-state index in [1.165, 1.54) is 18.2 Å². The third kappa shape index (κ3) is 2.75. The van der Waals surface area contributed by atoms with Crippen molar-refractivity contribution in [3.8, 4) is 0 Å². The number of anilines is 1. The van der Waals surface area contributed by atoms with Crippen LogP contribution in [0.4, 0.5) is 10.1 Å².